The van der Waals surface area contributed by atoms with Crippen LogP contribution in [0, 0.1) is 0 Å². The van der Waals surface area contributed by atoms with E-state index in [1.165, 1.54) is 0 Å². The van der Waals surface area contributed by atoms with Crippen LogP contribution in [-0.4, -0.2) is 38.1 Å². The molecule has 49 valence electrons. The van der Waals surface area contributed by atoms with E-state index in [0.29, 0.717) is 0 Å². The van der Waals surface area contributed by atoms with E-state index in [4.69, 9.17) is 0 Å². The average molecular weight is 285 g/mol. The van der Waals surface area contributed by atoms with Gasteiger partial charge in [0.2, 0.25) is 0 Å². The van der Waals surface area contributed by atoms with Crippen molar-refractivity contribution < 1.29 is 20.4 Å². The predicted octanol–water partition coefficient (Wildman–Crippen LogP) is 0.303. The summed E-state index contributed by atoms with van der Waals surface area (Å²) in [5.74, 6) is 0. The zero-order valence-electron chi connectivity index (χ0n) is 5.10. The minimum Gasteiger partial charge on any atom is -0.660 e. The van der Waals surface area contributed by atoms with Crippen LogP contribution >= 0.6 is 0 Å². The quantitative estimate of drug-likeness (QED) is 0.626. The van der Waals surface area contributed by atoms with Gasteiger partial charge in [-0.05, 0) is 20.1 Å². The van der Waals surface area contributed by atoms with Crippen LogP contribution in [-0.2, 0) is 20.4 Å². The predicted molar refractivity (Wildman–Crippen MR) is 30.6 cm³/mol. The second-order valence-electron chi connectivity index (χ2n) is 1.97. The molecule has 1 aliphatic rings. The molecule has 1 rings (SSSR count). The fourth-order valence-corrected chi connectivity index (χ4v) is 0.706. The number of rotatable bonds is 0. The van der Waals surface area contributed by atoms with Gasteiger partial charge in [0.1, 0.15) is 0 Å². The van der Waals surface area contributed by atoms with Gasteiger partial charge in [-0.2, -0.15) is 0 Å². The number of piperazine rings is 1. The molecule has 0 bridgehead atoms. The first kappa shape index (κ1) is 8.58. The summed E-state index contributed by atoms with van der Waals surface area (Å²) in [6.45, 7) is 4.38. The largest absolute Gasteiger partial charge is 0.660 e. The molecule has 0 amide bonds. The van der Waals surface area contributed by atoms with E-state index in [1.807, 2.05) is 0 Å². The van der Waals surface area contributed by atoms with Crippen molar-refractivity contribution in [3.63, 3.8) is 0 Å². The van der Waals surface area contributed by atoms with E-state index in [0.717, 1.165) is 26.2 Å². The molecule has 1 fully saturated rings. The maximum absolute atomic E-state index is 4.19. The SMILES string of the molecule is CN1CC[N-]CC1.[Re]. The van der Waals surface area contributed by atoms with Gasteiger partial charge in [0.15, 0.2) is 0 Å². The molecule has 1 heterocycles. The monoisotopic (exact) mass is 286 g/mol. The first-order valence-electron chi connectivity index (χ1n) is 2.71. The Morgan fingerprint density at radius 3 is 2.00 bits per heavy atom. The second kappa shape index (κ2) is 4.46. The third kappa shape index (κ3) is 2.78. The van der Waals surface area contributed by atoms with E-state index in [2.05, 4.69) is 17.3 Å². The van der Waals surface area contributed by atoms with Crippen molar-refractivity contribution in [2.24, 2.45) is 0 Å². The van der Waals surface area contributed by atoms with E-state index < -0.39 is 0 Å². The number of hydrogen-bond donors (Lipinski definition) is 0. The van der Waals surface area contributed by atoms with E-state index in [1.54, 1.807) is 0 Å². The third-order valence-electron chi connectivity index (χ3n) is 1.28. The van der Waals surface area contributed by atoms with Crippen molar-refractivity contribution >= 4 is 0 Å². The first-order valence-corrected chi connectivity index (χ1v) is 2.71. The van der Waals surface area contributed by atoms with E-state index in [9.17, 15) is 0 Å². The van der Waals surface area contributed by atoms with E-state index in [-0.39, 0.29) is 20.4 Å². The average Bonchev–Trinajstić information content (AvgIpc) is 1.69. The summed E-state index contributed by atoms with van der Waals surface area (Å²) in [5.41, 5.74) is 0. The zero-order valence-corrected chi connectivity index (χ0v) is 7.82. The Morgan fingerprint density at radius 2 is 1.75 bits per heavy atom. The first-order chi connectivity index (χ1) is 3.39. The van der Waals surface area contributed by atoms with Crippen molar-refractivity contribution in [2.45, 2.75) is 0 Å². The fraction of sp³-hybridized carbons (Fsp3) is 1.00. The van der Waals surface area contributed by atoms with Crippen molar-refractivity contribution in [1.29, 1.82) is 0 Å². The maximum Gasteiger partial charge on any atom is 0 e. The van der Waals surface area contributed by atoms with Crippen LogP contribution in [0.3, 0.4) is 0 Å². The van der Waals surface area contributed by atoms with Crippen LogP contribution in [0.2, 0.25) is 0 Å². The molecule has 1 aliphatic heterocycles. The topological polar surface area (TPSA) is 17.3 Å². The van der Waals surface area contributed by atoms with Gasteiger partial charge in [-0.15, -0.1) is 13.1 Å². The van der Waals surface area contributed by atoms with Crippen LogP contribution in [0.4, 0.5) is 0 Å². The van der Waals surface area contributed by atoms with Gasteiger partial charge in [-0.3, -0.25) is 0 Å². The van der Waals surface area contributed by atoms with Crippen molar-refractivity contribution in [3.8, 4) is 0 Å². The minimum atomic E-state index is 0. The van der Waals surface area contributed by atoms with Gasteiger partial charge >= 0.3 is 0 Å². The smallest absolute Gasteiger partial charge is 0 e. The number of hydrogen-bond acceptors (Lipinski definition) is 1. The molecule has 0 aromatic heterocycles. The van der Waals surface area contributed by atoms with Crippen molar-refractivity contribution in [1.82, 2.24) is 4.90 Å². The van der Waals surface area contributed by atoms with Crippen LogP contribution in [0.15, 0.2) is 0 Å². The van der Waals surface area contributed by atoms with Crippen LogP contribution in [0.25, 0.3) is 5.32 Å². The van der Waals surface area contributed by atoms with Crippen LogP contribution in [0.1, 0.15) is 0 Å². The Balaban J connectivity index is 0.000000490. The summed E-state index contributed by atoms with van der Waals surface area (Å²) in [7, 11) is 2.13. The molecule has 0 N–H and O–H groups in total. The Kier molecular flexibility index (Phi) is 4.78. The Bertz CT molecular complexity index is 52.4. The molecule has 0 atom stereocenters. The van der Waals surface area contributed by atoms with Gasteiger partial charge in [-0.1, -0.05) is 0 Å². The maximum atomic E-state index is 4.19. The van der Waals surface area contributed by atoms with Crippen molar-refractivity contribution in [3.05, 3.63) is 5.32 Å². The second-order valence-corrected chi connectivity index (χ2v) is 1.97. The molecule has 1 radical (unpaired) electrons. The molecule has 2 nitrogen and oxygen atoms in total. The minimum absolute atomic E-state index is 0. The standard InChI is InChI=1S/C5H11N2.Re/c1-7-4-2-6-3-5-7;/h2-5H2,1H3;/q-1;. The summed E-state index contributed by atoms with van der Waals surface area (Å²) in [6, 6.07) is 0. The number of nitrogens with zero attached hydrogens (tertiary/aromatic N) is 2. The molecule has 1 saturated heterocycles. The molecule has 0 saturated carbocycles. The van der Waals surface area contributed by atoms with Gasteiger partial charge < -0.3 is 10.2 Å². The normalized spacial score (nSPS) is 22.1. The molecule has 8 heavy (non-hydrogen) atoms. The van der Waals surface area contributed by atoms with E-state index >= 15 is 0 Å². The summed E-state index contributed by atoms with van der Waals surface area (Å²) >= 11 is 0. The molecule has 0 aromatic carbocycles. The summed E-state index contributed by atoms with van der Waals surface area (Å²) in [4.78, 5) is 2.30. The zero-order chi connectivity index (χ0) is 5.11. The van der Waals surface area contributed by atoms with Crippen LogP contribution in [0.5, 0.6) is 0 Å². The molecular weight excluding hydrogens is 274 g/mol. The number of likely N-dealkylation sites (N-methyl/N-ethyl adjacent to an activating group) is 1. The summed E-state index contributed by atoms with van der Waals surface area (Å²) in [6.07, 6.45) is 0. The van der Waals surface area contributed by atoms with Gasteiger partial charge in [0.25, 0.3) is 0 Å². The Labute approximate surface area is 64.3 Å². The molecular formula is C5H11N2Re-. The Hall–Kier alpha value is 0.582. The fourth-order valence-electron chi connectivity index (χ4n) is 0.706. The molecule has 0 spiro atoms. The molecule has 0 unspecified atom stereocenters. The molecule has 0 aliphatic carbocycles. The Morgan fingerprint density at radius 1 is 1.25 bits per heavy atom. The summed E-state index contributed by atoms with van der Waals surface area (Å²) in [5, 5.41) is 4.19. The van der Waals surface area contributed by atoms with Crippen molar-refractivity contribution in [2.75, 3.05) is 33.2 Å². The van der Waals surface area contributed by atoms with Gasteiger partial charge in [0.05, 0.1) is 0 Å². The molecule has 3 heteroatoms. The van der Waals surface area contributed by atoms with Crippen LogP contribution < -0.4 is 0 Å². The summed E-state index contributed by atoms with van der Waals surface area (Å²) < 4.78 is 0. The molecule has 0 aromatic rings. The van der Waals surface area contributed by atoms with Gasteiger partial charge in [-0.25, -0.2) is 0 Å². The third-order valence-corrected chi connectivity index (χ3v) is 1.28. The van der Waals surface area contributed by atoms with Gasteiger partial charge in [0, 0.05) is 20.4 Å².